The fraction of sp³-hybridized carbons (Fsp3) is 0.333. The van der Waals surface area contributed by atoms with Crippen LogP contribution in [-0.4, -0.2) is 12.1 Å². The fourth-order valence-electron chi connectivity index (χ4n) is 1.04. The number of carbonyl (C=O) groups excluding carboxylic acids is 1. The first-order valence-corrected chi connectivity index (χ1v) is 5.89. The molecule has 3 nitrogen and oxygen atoms in total. The van der Waals surface area contributed by atoms with E-state index < -0.39 is 0 Å². The van der Waals surface area contributed by atoms with Crippen LogP contribution in [0, 0.1) is 12.8 Å². The van der Waals surface area contributed by atoms with E-state index in [1.54, 1.807) is 18.3 Å². The first-order chi connectivity index (χ1) is 7.50. The third-order valence-electron chi connectivity index (χ3n) is 1.97. The highest BCUT2D eigenvalue weighted by Crippen LogP contribution is 2.17. The normalized spacial score (nSPS) is 11.1. The standard InChI is InChI=1S/C12H15BrN2O/c1-8(2)7-14-15-12(16)10-5-4-9(3)11(13)6-10/h4-8H,1-3H3,(H,15,16). The number of rotatable bonds is 3. The maximum absolute atomic E-state index is 11.6. The van der Waals surface area contributed by atoms with Gasteiger partial charge in [0, 0.05) is 16.3 Å². The predicted molar refractivity (Wildman–Crippen MR) is 69.7 cm³/mol. The number of halogens is 1. The number of hydrogen-bond donors (Lipinski definition) is 1. The van der Waals surface area contributed by atoms with Crippen molar-refractivity contribution < 1.29 is 4.79 Å². The maximum atomic E-state index is 11.6. The molecule has 16 heavy (non-hydrogen) atoms. The van der Waals surface area contributed by atoms with Crippen LogP contribution in [0.25, 0.3) is 0 Å². The molecule has 0 bridgehead atoms. The molecule has 0 unspecified atom stereocenters. The Kier molecular flexibility index (Phi) is 4.68. The summed E-state index contributed by atoms with van der Waals surface area (Å²) in [4.78, 5) is 11.6. The number of benzene rings is 1. The van der Waals surface area contributed by atoms with E-state index in [9.17, 15) is 4.79 Å². The molecule has 0 spiro atoms. The number of amides is 1. The largest absolute Gasteiger partial charge is 0.271 e. The van der Waals surface area contributed by atoms with Crippen molar-refractivity contribution in [2.45, 2.75) is 20.8 Å². The van der Waals surface area contributed by atoms with Crippen LogP contribution in [0.3, 0.4) is 0 Å². The fourth-order valence-corrected chi connectivity index (χ4v) is 1.42. The van der Waals surface area contributed by atoms with E-state index in [-0.39, 0.29) is 5.91 Å². The zero-order valence-electron chi connectivity index (χ0n) is 9.62. The van der Waals surface area contributed by atoms with Crippen molar-refractivity contribution in [3.63, 3.8) is 0 Å². The molecule has 86 valence electrons. The molecule has 0 aliphatic rings. The van der Waals surface area contributed by atoms with Crippen molar-refractivity contribution in [1.29, 1.82) is 0 Å². The van der Waals surface area contributed by atoms with Gasteiger partial charge >= 0.3 is 0 Å². The van der Waals surface area contributed by atoms with Gasteiger partial charge in [0.25, 0.3) is 5.91 Å². The Labute approximate surface area is 104 Å². The summed E-state index contributed by atoms with van der Waals surface area (Å²) in [6.45, 7) is 5.97. The monoisotopic (exact) mass is 282 g/mol. The molecular weight excluding hydrogens is 268 g/mol. The summed E-state index contributed by atoms with van der Waals surface area (Å²) in [7, 11) is 0. The molecule has 1 N–H and O–H groups in total. The van der Waals surface area contributed by atoms with Crippen LogP contribution >= 0.6 is 15.9 Å². The van der Waals surface area contributed by atoms with Crippen LogP contribution in [-0.2, 0) is 0 Å². The zero-order chi connectivity index (χ0) is 12.1. The van der Waals surface area contributed by atoms with Gasteiger partial charge in [-0.2, -0.15) is 5.10 Å². The van der Waals surface area contributed by atoms with E-state index in [0.717, 1.165) is 10.0 Å². The highest BCUT2D eigenvalue weighted by atomic mass is 79.9. The van der Waals surface area contributed by atoms with Gasteiger partial charge in [0.15, 0.2) is 0 Å². The van der Waals surface area contributed by atoms with E-state index >= 15 is 0 Å². The molecule has 0 aliphatic carbocycles. The Morgan fingerprint density at radius 1 is 1.50 bits per heavy atom. The van der Waals surface area contributed by atoms with Crippen LogP contribution in [0.5, 0.6) is 0 Å². The maximum Gasteiger partial charge on any atom is 0.271 e. The van der Waals surface area contributed by atoms with Crippen molar-refractivity contribution in [1.82, 2.24) is 5.43 Å². The summed E-state index contributed by atoms with van der Waals surface area (Å²) in [5.74, 6) is 0.127. The number of nitrogens with one attached hydrogen (secondary N) is 1. The number of aryl methyl sites for hydroxylation is 1. The van der Waals surface area contributed by atoms with Gasteiger partial charge < -0.3 is 0 Å². The molecule has 0 fully saturated rings. The minimum Gasteiger partial charge on any atom is -0.267 e. The van der Waals surface area contributed by atoms with Gasteiger partial charge in [0.1, 0.15) is 0 Å². The molecule has 4 heteroatoms. The average Bonchev–Trinajstić information content (AvgIpc) is 2.21. The van der Waals surface area contributed by atoms with Crippen LogP contribution < -0.4 is 5.43 Å². The number of hydrogen-bond acceptors (Lipinski definition) is 2. The lowest BCUT2D eigenvalue weighted by atomic mass is 10.1. The van der Waals surface area contributed by atoms with Crippen LogP contribution in [0.15, 0.2) is 27.8 Å². The van der Waals surface area contributed by atoms with Crippen LogP contribution in [0.2, 0.25) is 0 Å². The topological polar surface area (TPSA) is 41.5 Å². The second-order valence-corrected chi connectivity index (χ2v) is 4.78. The van der Waals surface area contributed by atoms with Crippen LogP contribution in [0.4, 0.5) is 0 Å². The summed E-state index contributed by atoms with van der Waals surface area (Å²) in [5.41, 5.74) is 4.18. The van der Waals surface area contributed by atoms with Crippen molar-refractivity contribution in [2.75, 3.05) is 0 Å². The highest BCUT2D eigenvalue weighted by Gasteiger charge is 2.05. The molecule has 0 saturated heterocycles. The molecule has 1 aromatic rings. The molecule has 0 aliphatic heterocycles. The predicted octanol–water partition coefficient (Wildman–Crippen LogP) is 3.13. The second-order valence-electron chi connectivity index (χ2n) is 3.93. The lowest BCUT2D eigenvalue weighted by molar-refractivity contribution is 0.0955. The van der Waals surface area contributed by atoms with Crippen molar-refractivity contribution >= 4 is 28.1 Å². The second kappa shape index (κ2) is 5.80. The highest BCUT2D eigenvalue weighted by molar-refractivity contribution is 9.10. The quantitative estimate of drug-likeness (QED) is 0.672. The lowest BCUT2D eigenvalue weighted by Gasteiger charge is -2.03. The van der Waals surface area contributed by atoms with Crippen molar-refractivity contribution in [3.05, 3.63) is 33.8 Å². The molecule has 0 radical (unpaired) electrons. The minimum absolute atomic E-state index is 0.197. The Bertz CT molecular complexity index is 413. The molecule has 0 heterocycles. The van der Waals surface area contributed by atoms with Gasteiger partial charge in [0.05, 0.1) is 0 Å². The first-order valence-electron chi connectivity index (χ1n) is 5.10. The van der Waals surface area contributed by atoms with Crippen molar-refractivity contribution in [2.24, 2.45) is 11.0 Å². The van der Waals surface area contributed by atoms with Gasteiger partial charge in [-0.15, -0.1) is 0 Å². The van der Waals surface area contributed by atoms with E-state index in [1.807, 2.05) is 26.8 Å². The van der Waals surface area contributed by atoms with E-state index in [0.29, 0.717) is 11.5 Å². The lowest BCUT2D eigenvalue weighted by Crippen LogP contribution is -2.18. The van der Waals surface area contributed by atoms with E-state index in [1.165, 1.54) is 0 Å². The van der Waals surface area contributed by atoms with Gasteiger partial charge in [-0.05, 0) is 30.5 Å². The zero-order valence-corrected chi connectivity index (χ0v) is 11.2. The molecule has 1 amide bonds. The molecular formula is C12H15BrN2O. The Hall–Kier alpha value is -1.16. The van der Waals surface area contributed by atoms with Gasteiger partial charge in [-0.1, -0.05) is 35.8 Å². The van der Waals surface area contributed by atoms with Gasteiger partial charge in [-0.25, -0.2) is 5.43 Å². The smallest absolute Gasteiger partial charge is 0.267 e. The summed E-state index contributed by atoms with van der Waals surface area (Å²) < 4.78 is 0.924. The average molecular weight is 283 g/mol. The third kappa shape index (κ3) is 3.77. The first kappa shape index (κ1) is 12.9. The van der Waals surface area contributed by atoms with Gasteiger partial charge in [0.2, 0.25) is 0 Å². The molecule has 1 rings (SSSR count). The minimum atomic E-state index is -0.197. The molecule has 1 aromatic carbocycles. The summed E-state index contributed by atoms with van der Waals surface area (Å²) in [5, 5.41) is 3.86. The number of nitrogens with zero attached hydrogens (tertiary/aromatic N) is 1. The third-order valence-corrected chi connectivity index (χ3v) is 2.83. The molecule has 0 saturated carbocycles. The summed E-state index contributed by atoms with van der Waals surface area (Å²) in [6.07, 6.45) is 1.70. The summed E-state index contributed by atoms with van der Waals surface area (Å²) in [6, 6.07) is 5.46. The summed E-state index contributed by atoms with van der Waals surface area (Å²) >= 11 is 3.39. The Morgan fingerprint density at radius 2 is 2.19 bits per heavy atom. The van der Waals surface area contributed by atoms with Crippen molar-refractivity contribution in [3.8, 4) is 0 Å². The number of carbonyl (C=O) groups is 1. The molecule has 0 atom stereocenters. The van der Waals surface area contributed by atoms with E-state index in [4.69, 9.17) is 0 Å². The number of hydrazone groups is 1. The Morgan fingerprint density at radius 3 is 2.75 bits per heavy atom. The Balaban J connectivity index is 2.70. The SMILES string of the molecule is Cc1ccc(C(=O)NN=CC(C)C)cc1Br. The van der Waals surface area contributed by atoms with Crippen LogP contribution in [0.1, 0.15) is 29.8 Å². The van der Waals surface area contributed by atoms with Gasteiger partial charge in [-0.3, -0.25) is 4.79 Å². The van der Waals surface area contributed by atoms with E-state index in [2.05, 4.69) is 26.5 Å². The molecule has 0 aromatic heterocycles.